The van der Waals surface area contributed by atoms with E-state index in [0.29, 0.717) is 21.7 Å². The number of hydrogen-bond acceptors (Lipinski definition) is 5. The predicted octanol–water partition coefficient (Wildman–Crippen LogP) is 0.804. The molecule has 0 atom stereocenters. The van der Waals surface area contributed by atoms with Crippen molar-refractivity contribution in [3.63, 3.8) is 0 Å². The van der Waals surface area contributed by atoms with Crippen molar-refractivity contribution in [2.75, 3.05) is 5.73 Å². The molecule has 0 aromatic carbocycles. The minimum absolute atomic E-state index is 0.299. The van der Waals surface area contributed by atoms with Crippen molar-refractivity contribution in [2.45, 2.75) is 0 Å². The zero-order valence-corrected chi connectivity index (χ0v) is 7.37. The first-order chi connectivity index (χ1) is 5.79. The molecule has 2 rings (SSSR count). The van der Waals surface area contributed by atoms with E-state index in [4.69, 9.17) is 10.3 Å². The third-order valence-electron chi connectivity index (χ3n) is 1.31. The molecule has 0 bridgehead atoms. The van der Waals surface area contributed by atoms with Crippen molar-refractivity contribution in [1.29, 1.82) is 0 Å². The predicted molar refractivity (Wildman–Crippen MR) is 44.0 cm³/mol. The van der Waals surface area contributed by atoms with Crippen molar-refractivity contribution in [2.24, 2.45) is 0 Å². The van der Waals surface area contributed by atoms with Crippen LogP contribution in [0.3, 0.4) is 0 Å². The molecule has 3 N–H and O–H groups in total. The van der Waals surface area contributed by atoms with Gasteiger partial charge in [-0.15, -0.1) is 0 Å². The lowest BCUT2D eigenvalue weighted by Crippen LogP contribution is -1.83. The van der Waals surface area contributed by atoms with Crippen LogP contribution >= 0.6 is 15.9 Å². The monoisotopic (exact) mass is 229 g/mol. The molecule has 62 valence electrons. The zero-order valence-electron chi connectivity index (χ0n) is 5.78. The Kier molecular flexibility index (Phi) is 1.58. The number of nitrogens with one attached hydrogen (secondary N) is 1. The highest BCUT2D eigenvalue weighted by molar-refractivity contribution is 9.10. The van der Waals surface area contributed by atoms with E-state index in [1.54, 1.807) is 0 Å². The second-order valence-corrected chi connectivity index (χ2v) is 2.86. The summed E-state index contributed by atoms with van der Waals surface area (Å²) in [6.45, 7) is 0. The van der Waals surface area contributed by atoms with Crippen LogP contribution in [0.4, 0.5) is 5.82 Å². The smallest absolute Gasteiger partial charge is 0.205 e. The minimum atomic E-state index is 0.299. The van der Waals surface area contributed by atoms with Crippen molar-refractivity contribution < 1.29 is 4.52 Å². The minimum Gasteiger partial charge on any atom is -0.380 e. The summed E-state index contributed by atoms with van der Waals surface area (Å²) in [5, 5.41) is 13.4. The number of nitrogens with two attached hydrogens (primary N) is 1. The van der Waals surface area contributed by atoms with Crippen LogP contribution in [0.5, 0.6) is 0 Å². The van der Waals surface area contributed by atoms with Gasteiger partial charge >= 0.3 is 0 Å². The third-order valence-corrected chi connectivity index (χ3v) is 2.07. The first-order valence-electron chi connectivity index (χ1n) is 3.06. The molecule has 6 nitrogen and oxygen atoms in total. The van der Waals surface area contributed by atoms with Crippen LogP contribution in [0, 0.1) is 0 Å². The van der Waals surface area contributed by atoms with Crippen LogP contribution < -0.4 is 5.73 Å². The number of halogens is 1. The van der Waals surface area contributed by atoms with Crippen LogP contribution in [0.15, 0.2) is 15.2 Å². The molecule has 12 heavy (non-hydrogen) atoms. The fraction of sp³-hybridized carbons (Fsp3) is 0. The van der Waals surface area contributed by atoms with Gasteiger partial charge in [0, 0.05) is 0 Å². The second-order valence-electron chi connectivity index (χ2n) is 2.07. The Hall–Kier alpha value is -1.37. The number of nitrogen functional groups attached to an aromatic ring is 1. The second kappa shape index (κ2) is 2.59. The van der Waals surface area contributed by atoms with E-state index in [1.807, 2.05) is 0 Å². The first kappa shape index (κ1) is 7.29. The van der Waals surface area contributed by atoms with Gasteiger partial charge in [-0.3, -0.25) is 0 Å². The van der Waals surface area contributed by atoms with Gasteiger partial charge in [-0.2, -0.15) is 15.4 Å². The van der Waals surface area contributed by atoms with Crippen molar-refractivity contribution in [1.82, 2.24) is 20.6 Å². The van der Waals surface area contributed by atoms with Crippen LogP contribution in [0.1, 0.15) is 0 Å². The molecule has 0 spiro atoms. The van der Waals surface area contributed by atoms with E-state index in [2.05, 4.69) is 36.5 Å². The Bertz CT molecular complexity index is 380. The fourth-order valence-electron chi connectivity index (χ4n) is 0.762. The maximum Gasteiger partial charge on any atom is 0.205 e. The van der Waals surface area contributed by atoms with Crippen molar-refractivity contribution >= 4 is 21.7 Å². The maximum absolute atomic E-state index is 5.44. The molecule has 0 unspecified atom stereocenters. The molecule has 0 saturated carbocycles. The van der Waals surface area contributed by atoms with Gasteiger partial charge in [0.05, 0.1) is 6.20 Å². The molecule has 0 saturated heterocycles. The molecule has 0 fully saturated rings. The topological polar surface area (TPSA) is 93.6 Å². The van der Waals surface area contributed by atoms with E-state index in [9.17, 15) is 0 Å². The number of rotatable bonds is 1. The van der Waals surface area contributed by atoms with Gasteiger partial charge in [-0.1, -0.05) is 5.16 Å². The zero-order chi connectivity index (χ0) is 8.55. The third kappa shape index (κ3) is 0.981. The largest absolute Gasteiger partial charge is 0.380 e. The molecule has 2 aromatic rings. The summed E-state index contributed by atoms with van der Waals surface area (Å²) in [6, 6.07) is 0. The summed E-state index contributed by atoms with van der Waals surface area (Å²) in [7, 11) is 0. The molecule has 2 heterocycles. The number of H-pyrrole nitrogens is 1. The van der Waals surface area contributed by atoms with Gasteiger partial charge in [0.25, 0.3) is 0 Å². The standard InChI is InChI=1S/C5H4BrN5O/c6-3-4(12-10-5(3)7)2-1-8-11-9-2/h1H,(H2,7,10)(H,8,9,11). The average molecular weight is 230 g/mol. The van der Waals surface area contributed by atoms with E-state index < -0.39 is 0 Å². The van der Waals surface area contributed by atoms with Crippen molar-refractivity contribution in [3.05, 3.63) is 10.7 Å². The highest BCUT2D eigenvalue weighted by Crippen LogP contribution is 2.30. The quantitative estimate of drug-likeness (QED) is 0.755. The lowest BCUT2D eigenvalue weighted by molar-refractivity contribution is 0.434. The highest BCUT2D eigenvalue weighted by Gasteiger charge is 2.14. The summed E-state index contributed by atoms with van der Waals surface area (Å²) in [5.41, 5.74) is 6.00. The number of aromatic amines is 1. The Morgan fingerprint density at radius 3 is 2.92 bits per heavy atom. The van der Waals surface area contributed by atoms with Gasteiger partial charge in [0.1, 0.15) is 4.47 Å². The maximum atomic E-state index is 5.44. The Labute approximate surface area is 75.2 Å². The normalized spacial score (nSPS) is 10.4. The van der Waals surface area contributed by atoms with Gasteiger partial charge < -0.3 is 10.3 Å². The molecular formula is C5H4BrN5O. The number of aromatic nitrogens is 4. The van der Waals surface area contributed by atoms with E-state index in [0.717, 1.165) is 0 Å². The first-order valence-corrected chi connectivity index (χ1v) is 3.85. The Morgan fingerprint density at radius 2 is 2.42 bits per heavy atom. The molecule has 0 aliphatic carbocycles. The summed E-state index contributed by atoms with van der Waals surface area (Å²) >= 11 is 3.21. The summed E-state index contributed by atoms with van der Waals surface area (Å²) < 4.78 is 5.49. The molecule has 0 amide bonds. The van der Waals surface area contributed by atoms with Crippen LogP contribution in [0.25, 0.3) is 11.5 Å². The molecule has 0 aliphatic heterocycles. The van der Waals surface area contributed by atoms with E-state index >= 15 is 0 Å². The van der Waals surface area contributed by atoms with Crippen LogP contribution in [-0.2, 0) is 0 Å². The lowest BCUT2D eigenvalue weighted by Gasteiger charge is -1.85. The number of anilines is 1. The van der Waals surface area contributed by atoms with Crippen LogP contribution in [-0.4, -0.2) is 20.6 Å². The summed E-state index contributed by atoms with van der Waals surface area (Å²) in [6.07, 6.45) is 1.52. The highest BCUT2D eigenvalue weighted by atomic mass is 79.9. The molecule has 0 aliphatic rings. The summed E-state index contributed by atoms with van der Waals surface area (Å²) in [4.78, 5) is 0. The van der Waals surface area contributed by atoms with Gasteiger partial charge in [0.15, 0.2) is 11.5 Å². The molecule has 7 heteroatoms. The molecular weight excluding hydrogens is 226 g/mol. The van der Waals surface area contributed by atoms with E-state index in [-0.39, 0.29) is 0 Å². The fourth-order valence-corrected chi connectivity index (χ4v) is 1.11. The van der Waals surface area contributed by atoms with Gasteiger partial charge in [-0.05, 0) is 15.9 Å². The van der Waals surface area contributed by atoms with Crippen molar-refractivity contribution in [3.8, 4) is 11.5 Å². The SMILES string of the molecule is Nc1noc(-c2cn[nH]n2)c1Br. The van der Waals surface area contributed by atoms with Gasteiger partial charge in [-0.25, -0.2) is 0 Å². The van der Waals surface area contributed by atoms with Gasteiger partial charge in [0.2, 0.25) is 5.76 Å². The Morgan fingerprint density at radius 1 is 1.58 bits per heavy atom. The molecule has 0 radical (unpaired) electrons. The molecule has 2 aromatic heterocycles. The lowest BCUT2D eigenvalue weighted by atomic mass is 10.3. The van der Waals surface area contributed by atoms with E-state index in [1.165, 1.54) is 6.20 Å². The average Bonchev–Trinajstić information content (AvgIpc) is 2.64. The number of nitrogens with zero attached hydrogens (tertiary/aromatic N) is 3. The Balaban J connectivity index is 2.55. The number of hydrogen-bond donors (Lipinski definition) is 2. The van der Waals surface area contributed by atoms with Crippen LogP contribution in [0.2, 0.25) is 0 Å². The summed E-state index contributed by atoms with van der Waals surface area (Å²) in [5.74, 6) is 0.772.